The molecule has 0 radical (unpaired) electrons. The lowest BCUT2D eigenvalue weighted by Gasteiger charge is -2.47. The summed E-state index contributed by atoms with van der Waals surface area (Å²) in [6.07, 6.45) is 2.40. The van der Waals surface area contributed by atoms with Crippen LogP contribution in [0.5, 0.6) is 5.75 Å². The molecule has 3 nitrogen and oxygen atoms in total. The molecule has 2 aliphatic heterocycles. The number of benzene rings is 1. The molecule has 3 heteroatoms. The van der Waals surface area contributed by atoms with Crippen LogP contribution in [0.15, 0.2) is 24.3 Å². The molecule has 1 N–H and O–H groups in total. The molecular weight excluding hydrogens is 260 g/mol. The van der Waals surface area contributed by atoms with E-state index in [9.17, 15) is 0 Å². The second-order valence-electron chi connectivity index (χ2n) is 6.69. The molecule has 116 valence electrons. The van der Waals surface area contributed by atoms with Gasteiger partial charge in [0.15, 0.2) is 0 Å². The van der Waals surface area contributed by atoms with Crippen LogP contribution in [0, 0.1) is 0 Å². The van der Waals surface area contributed by atoms with Crippen molar-refractivity contribution in [3.05, 3.63) is 29.8 Å². The molecule has 0 aliphatic carbocycles. The third kappa shape index (κ3) is 2.82. The van der Waals surface area contributed by atoms with Gasteiger partial charge in [-0.15, -0.1) is 0 Å². The molecule has 0 bridgehead atoms. The van der Waals surface area contributed by atoms with Gasteiger partial charge in [0.1, 0.15) is 5.75 Å². The first-order chi connectivity index (χ1) is 10.2. The number of hydrogen-bond acceptors (Lipinski definition) is 3. The fourth-order valence-corrected chi connectivity index (χ4v) is 3.73. The van der Waals surface area contributed by atoms with Gasteiger partial charge in [-0.3, -0.25) is 4.90 Å². The summed E-state index contributed by atoms with van der Waals surface area (Å²) in [5, 5.41) is 3.78. The van der Waals surface area contributed by atoms with Crippen molar-refractivity contribution in [2.24, 2.45) is 0 Å². The van der Waals surface area contributed by atoms with Crippen LogP contribution >= 0.6 is 0 Å². The van der Waals surface area contributed by atoms with Crippen molar-refractivity contribution >= 4 is 0 Å². The predicted molar refractivity (Wildman–Crippen MR) is 87.0 cm³/mol. The van der Waals surface area contributed by atoms with Gasteiger partial charge < -0.3 is 10.1 Å². The van der Waals surface area contributed by atoms with Crippen LogP contribution in [0.2, 0.25) is 0 Å². The van der Waals surface area contributed by atoms with E-state index in [-0.39, 0.29) is 0 Å². The van der Waals surface area contributed by atoms with Gasteiger partial charge in [-0.2, -0.15) is 0 Å². The number of hydrogen-bond donors (Lipinski definition) is 1. The number of ether oxygens (including phenoxy) is 1. The minimum Gasteiger partial charge on any atom is -0.493 e. The van der Waals surface area contributed by atoms with Crippen molar-refractivity contribution < 1.29 is 4.74 Å². The highest BCUT2D eigenvalue weighted by atomic mass is 16.5. The Balaban J connectivity index is 1.72. The van der Waals surface area contributed by atoms with Crippen molar-refractivity contribution in [1.82, 2.24) is 10.2 Å². The largest absolute Gasteiger partial charge is 0.493 e. The standard InChI is InChI=1S/C18H28N2O/c1-4-18(5-2)13-20(14(3)10-19-18)11-15-12-21-17-9-7-6-8-16(15)17/h6-9,14-15,19H,4-5,10-13H2,1-3H3. The van der Waals surface area contributed by atoms with E-state index in [0.29, 0.717) is 17.5 Å². The Bertz CT molecular complexity index is 484. The van der Waals surface area contributed by atoms with E-state index < -0.39 is 0 Å². The number of fused-ring (bicyclic) bond motifs is 1. The van der Waals surface area contributed by atoms with Crippen molar-refractivity contribution in [2.75, 3.05) is 26.2 Å². The van der Waals surface area contributed by atoms with Crippen LogP contribution in [-0.4, -0.2) is 42.7 Å². The number of para-hydroxylation sites is 1. The van der Waals surface area contributed by atoms with Gasteiger partial charge in [-0.05, 0) is 25.8 Å². The highest BCUT2D eigenvalue weighted by molar-refractivity contribution is 5.39. The summed E-state index contributed by atoms with van der Waals surface area (Å²) in [6, 6.07) is 9.12. The zero-order valence-electron chi connectivity index (χ0n) is 13.6. The van der Waals surface area contributed by atoms with E-state index in [1.54, 1.807) is 0 Å². The van der Waals surface area contributed by atoms with Gasteiger partial charge in [-0.25, -0.2) is 0 Å². The highest BCUT2D eigenvalue weighted by Gasteiger charge is 2.37. The van der Waals surface area contributed by atoms with Crippen LogP contribution in [0.3, 0.4) is 0 Å². The summed E-state index contributed by atoms with van der Waals surface area (Å²) in [7, 11) is 0. The number of nitrogens with one attached hydrogen (secondary N) is 1. The summed E-state index contributed by atoms with van der Waals surface area (Å²) in [5.41, 5.74) is 1.69. The monoisotopic (exact) mass is 288 g/mol. The molecule has 0 amide bonds. The average molecular weight is 288 g/mol. The molecule has 21 heavy (non-hydrogen) atoms. The minimum absolute atomic E-state index is 0.297. The molecule has 0 aromatic heterocycles. The van der Waals surface area contributed by atoms with E-state index in [1.165, 1.54) is 18.4 Å². The van der Waals surface area contributed by atoms with E-state index >= 15 is 0 Å². The topological polar surface area (TPSA) is 24.5 Å². The first-order valence-corrected chi connectivity index (χ1v) is 8.38. The molecular formula is C18H28N2O. The van der Waals surface area contributed by atoms with Crippen molar-refractivity contribution in [1.29, 1.82) is 0 Å². The van der Waals surface area contributed by atoms with Crippen LogP contribution in [0.4, 0.5) is 0 Å². The second-order valence-corrected chi connectivity index (χ2v) is 6.69. The third-order valence-corrected chi connectivity index (χ3v) is 5.51. The summed E-state index contributed by atoms with van der Waals surface area (Å²) < 4.78 is 5.85. The lowest BCUT2D eigenvalue weighted by molar-refractivity contribution is 0.0730. The smallest absolute Gasteiger partial charge is 0.122 e. The lowest BCUT2D eigenvalue weighted by Crippen LogP contribution is -2.63. The molecule has 0 spiro atoms. The zero-order valence-corrected chi connectivity index (χ0v) is 13.6. The van der Waals surface area contributed by atoms with Gasteiger partial charge in [0, 0.05) is 42.7 Å². The maximum absolute atomic E-state index is 5.85. The first kappa shape index (κ1) is 14.9. The van der Waals surface area contributed by atoms with E-state index in [2.05, 4.69) is 55.3 Å². The lowest BCUT2D eigenvalue weighted by atomic mass is 9.88. The van der Waals surface area contributed by atoms with Crippen LogP contribution in [0.1, 0.15) is 45.1 Å². The normalized spacial score (nSPS) is 28.1. The fourth-order valence-electron chi connectivity index (χ4n) is 3.73. The Morgan fingerprint density at radius 1 is 1.29 bits per heavy atom. The Morgan fingerprint density at radius 3 is 2.81 bits per heavy atom. The summed E-state index contributed by atoms with van der Waals surface area (Å²) in [5.74, 6) is 1.61. The van der Waals surface area contributed by atoms with Crippen LogP contribution < -0.4 is 10.1 Å². The van der Waals surface area contributed by atoms with Crippen LogP contribution in [-0.2, 0) is 0 Å². The van der Waals surface area contributed by atoms with Crippen molar-refractivity contribution in [3.8, 4) is 5.75 Å². The predicted octanol–water partition coefficient (Wildman–Crippen LogP) is 3.02. The number of rotatable bonds is 4. The molecule has 1 aromatic carbocycles. The second kappa shape index (κ2) is 5.98. The Kier molecular flexibility index (Phi) is 4.23. The van der Waals surface area contributed by atoms with Gasteiger partial charge in [-0.1, -0.05) is 32.0 Å². The molecule has 1 aromatic rings. The Labute approximate surface area is 128 Å². The van der Waals surface area contributed by atoms with Crippen LogP contribution in [0.25, 0.3) is 0 Å². The third-order valence-electron chi connectivity index (χ3n) is 5.51. The molecule has 2 aliphatic rings. The van der Waals surface area contributed by atoms with Crippen molar-refractivity contribution in [3.63, 3.8) is 0 Å². The quantitative estimate of drug-likeness (QED) is 0.922. The summed E-state index contributed by atoms with van der Waals surface area (Å²) in [4.78, 5) is 2.67. The van der Waals surface area contributed by atoms with Gasteiger partial charge in [0.05, 0.1) is 6.61 Å². The Hall–Kier alpha value is -1.06. The first-order valence-electron chi connectivity index (χ1n) is 8.38. The molecule has 3 rings (SSSR count). The van der Waals surface area contributed by atoms with Crippen molar-refractivity contribution in [2.45, 2.75) is 51.1 Å². The average Bonchev–Trinajstić information content (AvgIpc) is 2.93. The molecule has 0 saturated carbocycles. The molecule has 1 saturated heterocycles. The van der Waals surface area contributed by atoms with Gasteiger partial charge >= 0.3 is 0 Å². The molecule has 2 heterocycles. The van der Waals surface area contributed by atoms with Gasteiger partial charge in [0.25, 0.3) is 0 Å². The maximum atomic E-state index is 5.85. The SMILES string of the molecule is CCC1(CC)CN(CC2COc3ccccc32)C(C)CN1. The molecule has 2 unspecified atom stereocenters. The molecule has 2 atom stereocenters. The fraction of sp³-hybridized carbons (Fsp3) is 0.667. The van der Waals surface area contributed by atoms with Gasteiger partial charge in [0.2, 0.25) is 0 Å². The Morgan fingerprint density at radius 2 is 2.05 bits per heavy atom. The summed E-state index contributed by atoms with van der Waals surface area (Å²) in [6.45, 7) is 11.1. The highest BCUT2D eigenvalue weighted by Crippen LogP contribution is 2.35. The summed E-state index contributed by atoms with van der Waals surface area (Å²) >= 11 is 0. The minimum atomic E-state index is 0.297. The number of nitrogens with zero attached hydrogens (tertiary/aromatic N) is 1. The molecule has 1 fully saturated rings. The maximum Gasteiger partial charge on any atom is 0.122 e. The zero-order chi connectivity index (χ0) is 14.9. The van der Waals surface area contributed by atoms with E-state index in [4.69, 9.17) is 4.74 Å². The van der Waals surface area contributed by atoms with E-state index in [0.717, 1.165) is 32.0 Å². The number of piperazine rings is 1. The van der Waals surface area contributed by atoms with E-state index in [1.807, 2.05) is 0 Å².